The SMILES string of the molecule is Cc1cc2ccccc2c(C(C)(C)NC(=O)C[C@H]2CCCN2C(=O)O)n1. The number of aryl methyl sites for hydroxylation is 1. The lowest BCUT2D eigenvalue weighted by atomic mass is 9.93. The molecular formula is C20H25N3O3. The van der Waals surface area contributed by atoms with Crippen molar-refractivity contribution in [3.8, 4) is 0 Å². The number of fused-ring (bicyclic) bond motifs is 1. The highest BCUT2D eigenvalue weighted by molar-refractivity contribution is 5.86. The minimum Gasteiger partial charge on any atom is -0.465 e. The normalized spacial score (nSPS) is 17.5. The molecular weight excluding hydrogens is 330 g/mol. The molecule has 1 aliphatic heterocycles. The van der Waals surface area contributed by atoms with Gasteiger partial charge in [-0.3, -0.25) is 9.78 Å². The fourth-order valence-electron chi connectivity index (χ4n) is 3.78. The lowest BCUT2D eigenvalue weighted by molar-refractivity contribution is -0.123. The third kappa shape index (κ3) is 3.64. The number of likely N-dealkylation sites (tertiary alicyclic amines) is 1. The molecule has 0 bridgehead atoms. The van der Waals surface area contributed by atoms with E-state index in [1.807, 2.05) is 51.1 Å². The number of nitrogens with zero attached hydrogens (tertiary/aromatic N) is 2. The summed E-state index contributed by atoms with van der Waals surface area (Å²) in [5, 5.41) is 14.4. The van der Waals surface area contributed by atoms with E-state index >= 15 is 0 Å². The van der Waals surface area contributed by atoms with Gasteiger partial charge in [0.2, 0.25) is 5.91 Å². The van der Waals surface area contributed by atoms with Gasteiger partial charge < -0.3 is 15.3 Å². The summed E-state index contributed by atoms with van der Waals surface area (Å²) in [5.74, 6) is -0.152. The molecule has 0 unspecified atom stereocenters. The molecule has 3 rings (SSSR count). The Labute approximate surface area is 153 Å². The molecule has 0 saturated carbocycles. The van der Waals surface area contributed by atoms with E-state index < -0.39 is 11.6 Å². The van der Waals surface area contributed by atoms with Crippen LogP contribution in [-0.4, -0.2) is 39.6 Å². The van der Waals surface area contributed by atoms with Gasteiger partial charge in [-0.2, -0.15) is 0 Å². The molecule has 6 nitrogen and oxygen atoms in total. The van der Waals surface area contributed by atoms with E-state index in [0.29, 0.717) is 6.54 Å². The third-order valence-electron chi connectivity index (χ3n) is 4.96. The molecule has 2 N–H and O–H groups in total. The first kappa shape index (κ1) is 18.2. The zero-order valence-electron chi connectivity index (χ0n) is 15.5. The summed E-state index contributed by atoms with van der Waals surface area (Å²) in [7, 11) is 0. The van der Waals surface area contributed by atoms with E-state index in [0.717, 1.165) is 35.0 Å². The number of pyridine rings is 1. The van der Waals surface area contributed by atoms with Gasteiger partial charge in [0.05, 0.1) is 11.2 Å². The van der Waals surface area contributed by atoms with Crippen LogP contribution in [0.3, 0.4) is 0 Å². The Morgan fingerprint density at radius 1 is 1.35 bits per heavy atom. The summed E-state index contributed by atoms with van der Waals surface area (Å²) in [6.45, 7) is 6.31. The highest BCUT2D eigenvalue weighted by atomic mass is 16.4. The van der Waals surface area contributed by atoms with Gasteiger partial charge in [0, 0.05) is 30.1 Å². The molecule has 6 heteroatoms. The molecule has 0 aliphatic carbocycles. The first-order valence-corrected chi connectivity index (χ1v) is 8.95. The first-order chi connectivity index (χ1) is 12.3. The molecule has 1 atom stereocenters. The van der Waals surface area contributed by atoms with Gasteiger partial charge in [0.25, 0.3) is 0 Å². The maximum Gasteiger partial charge on any atom is 0.407 e. The van der Waals surface area contributed by atoms with Crippen LogP contribution in [0.2, 0.25) is 0 Å². The smallest absolute Gasteiger partial charge is 0.407 e. The first-order valence-electron chi connectivity index (χ1n) is 8.95. The maximum absolute atomic E-state index is 12.6. The number of aromatic nitrogens is 1. The van der Waals surface area contributed by atoms with Gasteiger partial charge >= 0.3 is 6.09 Å². The Hall–Kier alpha value is -2.63. The Morgan fingerprint density at radius 2 is 2.08 bits per heavy atom. The van der Waals surface area contributed by atoms with E-state index in [2.05, 4.69) is 10.3 Å². The predicted octanol–water partition coefficient (Wildman–Crippen LogP) is 3.43. The highest BCUT2D eigenvalue weighted by Gasteiger charge is 2.33. The van der Waals surface area contributed by atoms with Gasteiger partial charge in [0.1, 0.15) is 0 Å². The zero-order valence-corrected chi connectivity index (χ0v) is 15.5. The number of benzene rings is 1. The number of hydrogen-bond donors (Lipinski definition) is 2. The van der Waals surface area contributed by atoms with E-state index in [4.69, 9.17) is 0 Å². The molecule has 26 heavy (non-hydrogen) atoms. The minimum absolute atomic E-state index is 0.152. The van der Waals surface area contributed by atoms with E-state index in [-0.39, 0.29) is 18.4 Å². The number of nitrogens with one attached hydrogen (secondary N) is 1. The quantitative estimate of drug-likeness (QED) is 0.880. The van der Waals surface area contributed by atoms with Crippen molar-refractivity contribution < 1.29 is 14.7 Å². The average molecular weight is 355 g/mol. The number of carbonyl (C=O) groups is 2. The summed E-state index contributed by atoms with van der Waals surface area (Å²) in [5.41, 5.74) is 1.06. The van der Waals surface area contributed by atoms with E-state index in [1.165, 1.54) is 4.90 Å². The summed E-state index contributed by atoms with van der Waals surface area (Å²) in [6.07, 6.45) is 0.758. The fourth-order valence-corrected chi connectivity index (χ4v) is 3.78. The lowest BCUT2D eigenvalue weighted by Crippen LogP contribution is -2.45. The Balaban J connectivity index is 1.81. The van der Waals surface area contributed by atoms with Crippen molar-refractivity contribution in [2.24, 2.45) is 0 Å². The predicted molar refractivity (Wildman–Crippen MR) is 100 cm³/mol. The molecule has 1 aromatic heterocycles. The molecule has 1 aromatic carbocycles. The van der Waals surface area contributed by atoms with Crippen molar-refractivity contribution in [2.45, 2.75) is 51.6 Å². The molecule has 0 radical (unpaired) electrons. The van der Waals surface area contributed by atoms with Crippen LogP contribution in [0.4, 0.5) is 4.79 Å². The second-order valence-corrected chi connectivity index (χ2v) is 7.48. The number of carbonyl (C=O) groups excluding carboxylic acids is 1. The van der Waals surface area contributed by atoms with Crippen molar-refractivity contribution in [1.29, 1.82) is 0 Å². The van der Waals surface area contributed by atoms with Crippen LogP contribution in [0.15, 0.2) is 30.3 Å². The highest BCUT2D eigenvalue weighted by Crippen LogP contribution is 2.28. The largest absolute Gasteiger partial charge is 0.465 e. The monoisotopic (exact) mass is 355 g/mol. The van der Waals surface area contributed by atoms with Crippen molar-refractivity contribution in [3.63, 3.8) is 0 Å². The third-order valence-corrected chi connectivity index (χ3v) is 4.96. The van der Waals surface area contributed by atoms with Gasteiger partial charge in [0.15, 0.2) is 0 Å². The Morgan fingerprint density at radius 3 is 2.81 bits per heavy atom. The van der Waals surface area contributed by atoms with Gasteiger partial charge in [-0.15, -0.1) is 0 Å². The molecule has 1 saturated heterocycles. The molecule has 1 fully saturated rings. The van der Waals surface area contributed by atoms with Crippen LogP contribution in [0.25, 0.3) is 10.8 Å². The summed E-state index contributed by atoms with van der Waals surface area (Å²) >= 11 is 0. The zero-order chi connectivity index (χ0) is 18.9. The van der Waals surface area contributed by atoms with Crippen LogP contribution in [0, 0.1) is 6.92 Å². The van der Waals surface area contributed by atoms with Crippen molar-refractivity contribution >= 4 is 22.8 Å². The number of hydrogen-bond acceptors (Lipinski definition) is 3. The second kappa shape index (κ2) is 6.94. The number of carboxylic acid groups (broad SMARTS) is 1. The molecule has 2 aromatic rings. The van der Waals surface area contributed by atoms with Crippen molar-refractivity contribution in [1.82, 2.24) is 15.2 Å². The minimum atomic E-state index is -0.953. The second-order valence-electron chi connectivity index (χ2n) is 7.48. The van der Waals surface area contributed by atoms with Gasteiger partial charge in [-0.1, -0.05) is 24.3 Å². The number of rotatable bonds is 4. The summed E-state index contributed by atoms with van der Waals surface area (Å²) in [4.78, 5) is 29.9. The fraction of sp³-hybridized carbons (Fsp3) is 0.450. The van der Waals surface area contributed by atoms with Crippen LogP contribution >= 0.6 is 0 Å². The van der Waals surface area contributed by atoms with Gasteiger partial charge in [-0.25, -0.2) is 4.79 Å². The summed E-state index contributed by atoms with van der Waals surface area (Å²) in [6, 6.07) is 9.77. The average Bonchev–Trinajstić information content (AvgIpc) is 3.01. The molecule has 2 heterocycles. The van der Waals surface area contributed by atoms with Gasteiger partial charge in [-0.05, 0) is 45.1 Å². The van der Waals surface area contributed by atoms with Crippen molar-refractivity contribution in [2.75, 3.05) is 6.54 Å². The Bertz CT molecular complexity index is 847. The molecule has 138 valence electrons. The van der Waals surface area contributed by atoms with Crippen LogP contribution in [0.1, 0.15) is 44.5 Å². The Kier molecular flexibility index (Phi) is 4.85. The molecule has 1 aliphatic rings. The summed E-state index contributed by atoms with van der Waals surface area (Å²) < 4.78 is 0. The van der Waals surface area contributed by atoms with E-state index in [1.54, 1.807) is 0 Å². The van der Waals surface area contributed by atoms with E-state index in [9.17, 15) is 14.7 Å². The van der Waals surface area contributed by atoms with Crippen LogP contribution < -0.4 is 5.32 Å². The standard InChI is InChI=1S/C20H25N3O3/c1-13-11-14-7-4-5-9-16(14)18(21-13)20(2,3)22-17(24)12-15-8-6-10-23(15)19(25)26/h4-5,7,9,11,15H,6,8,10,12H2,1-3H3,(H,22,24)(H,25,26)/t15-/m1/s1. The number of amides is 2. The topological polar surface area (TPSA) is 82.5 Å². The van der Waals surface area contributed by atoms with Crippen LogP contribution in [-0.2, 0) is 10.3 Å². The van der Waals surface area contributed by atoms with Crippen LogP contribution in [0.5, 0.6) is 0 Å². The van der Waals surface area contributed by atoms with Crippen molar-refractivity contribution in [3.05, 3.63) is 41.7 Å². The lowest BCUT2D eigenvalue weighted by Gasteiger charge is -2.29. The molecule has 0 spiro atoms. The molecule has 2 amide bonds. The maximum atomic E-state index is 12.6.